The van der Waals surface area contributed by atoms with E-state index in [-0.39, 0.29) is 18.3 Å². The summed E-state index contributed by atoms with van der Waals surface area (Å²) < 4.78 is 27.7. The third-order valence-electron chi connectivity index (χ3n) is 9.46. The molecule has 1 unspecified atom stereocenters. The summed E-state index contributed by atoms with van der Waals surface area (Å²) in [5, 5.41) is 17.4. The third-order valence-corrected chi connectivity index (χ3v) is 14.1. The van der Waals surface area contributed by atoms with Crippen LogP contribution in [0.1, 0.15) is 43.2 Å². The normalized spacial score (nSPS) is 21.5. The first-order valence-electron chi connectivity index (χ1n) is 16.5. The molecule has 1 aliphatic heterocycles. The summed E-state index contributed by atoms with van der Waals surface area (Å²) in [6, 6.07) is 33.6. The Kier molecular flexibility index (Phi) is 10.1. The molecule has 3 heterocycles. The van der Waals surface area contributed by atoms with Gasteiger partial charge >= 0.3 is 0 Å². The van der Waals surface area contributed by atoms with Crippen LogP contribution < -0.4 is 4.98 Å². The van der Waals surface area contributed by atoms with E-state index in [1.54, 1.807) is 4.52 Å². The number of hydrogen-bond acceptors (Lipinski definition) is 8. The minimum Gasteiger partial charge on any atom is -0.393 e. The van der Waals surface area contributed by atoms with Crippen LogP contribution >= 0.6 is 0 Å². The zero-order valence-electron chi connectivity index (χ0n) is 28.4. The molecule has 0 spiro atoms. The van der Waals surface area contributed by atoms with Crippen molar-refractivity contribution in [2.45, 2.75) is 82.8 Å². The number of ether oxygens (including phenoxy) is 4. The maximum Gasteiger partial charge on any atom is 0.240 e. The minimum atomic E-state index is -1.98. The van der Waals surface area contributed by atoms with E-state index in [0.29, 0.717) is 24.7 Å². The Morgan fingerprint density at radius 1 is 0.812 bits per heavy atom. The number of nitrogens with zero attached hydrogens (tertiary/aromatic N) is 3. The van der Waals surface area contributed by atoms with Gasteiger partial charge in [-0.2, -0.15) is 5.10 Å². The van der Waals surface area contributed by atoms with Gasteiger partial charge in [-0.1, -0.05) is 125 Å². The van der Waals surface area contributed by atoms with Crippen LogP contribution in [0, 0.1) is 0 Å². The van der Waals surface area contributed by atoms with Gasteiger partial charge in [-0.15, -0.1) is 0 Å². The smallest absolute Gasteiger partial charge is 0.240 e. The molecule has 1 saturated heterocycles. The Hall–Kier alpha value is -3.90. The van der Waals surface area contributed by atoms with Crippen molar-refractivity contribution in [3.05, 3.63) is 132 Å². The van der Waals surface area contributed by atoms with E-state index in [9.17, 15) is 5.11 Å². The lowest BCUT2D eigenvalue weighted by atomic mass is 10.0. The highest BCUT2D eigenvalue weighted by atomic mass is 28.3. The average Bonchev–Trinajstić information content (AvgIpc) is 3.63. The number of fused-ring (bicyclic) bond motifs is 1. The van der Waals surface area contributed by atoms with E-state index in [1.807, 2.05) is 103 Å². The number of aliphatic hydroxyl groups is 1. The van der Waals surface area contributed by atoms with E-state index < -0.39 is 32.3 Å². The molecule has 48 heavy (non-hydrogen) atoms. The molecule has 6 rings (SSSR count). The van der Waals surface area contributed by atoms with Crippen LogP contribution in [0.5, 0.6) is 0 Å². The van der Waals surface area contributed by atoms with Gasteiger partial charge in [0.25, 0.3) is 0 Å². The second kappa shape index (κ2) is 14.3. The highest BCUT2D eigenvalue weighted by Crippen LogP contribution is 2.43. The van der Waals surface area contributed by atoms with Crippen LogP contribution in [0.25, 0.3) is 5.52 Å². The molecule has 1 aliphatic rings. The Morgan fingerprint density at radius 2 is 1.38 bits per heavy atom. The lowest BCUT2D eigenvalue weighted by Crippen LogP contribution is -2.46. The highest BCUT2D eigenvalue weighted by Gasteiger charge is 2.58. The van der Waals surface area contributed by atoms with Crippen LogP contribution in [0.15, 0.2) is 109 Å². The summed E-state index contributed by atoms with van der Waals surface area (Å²) in [6.45, 7) is 12.4. The molecular formula is C38H46N4O5Si. The quantitative estimate of drug-likeness (QED) is 0.129. The van der Waals surface area contributed by atoms with Gasteiger partial charge in [0.05, 0.1) is 26.4 Å². The fourth-order valence-corrected chi connectivity index (χ4v) is 6.86. The summed E-state index contributed by atoms with van der Waals surface area (Å²) in [4.78, 5) is 8.36. The summed E-state index contributed by atoms with van der Waals surface area (Å²) in [7, 11) is -1.98. The number of benzene rings is 3. The van der Waals surface area contributed by atoms with Crippen molar-refractivity contribution in [2.75, 3.05) is 11.6 Å². The van der Waals surface area contributed by atoms with E-state index in [4.69, 9.17) is 18.9 Å². The summed E-state index contributed by atoms with van der Waals surface area (Å²) >= 11 is 0. The Labute approximate surface area is 283 Å². The fourth-order valence-electron chi connectivity index (χ4n) is 5.70. The van der Waals surface area contributed by atoms with Crippen LogP contribution in [-0.4, -0.2) is 52.9 Å². The second-order valence-electron chi connectivity index (χ2n) is 14.0. The molecule has 0 radical (unpaired) electrons. The number of aromatic nitrogens is 3. The van der Waals surface area contributed by atoms with Crippen molar-refractivity contribution in [2.24, 2.45) is 0 Å². The van der Waals surface area contributed by atoms with E-state index >= 15 is 0 Å². The van der Waals surface area contributed by atoms with Crippen molar-refractivity contribution < 1.29 is 24.1 Å². The van der Waals surface area contributed by atoms with Gasteiger partial charge < -0.3 is 29.0 Å². The van der Waals surface area contributed by atoms with Gasteiger partial charge in [-0.05, 0) is 33.9 Å². The van der Waals surface area contributed by atoms with Crippen molar-refractivity contribution in [1.82, 2.24) is 14.6 Å². The molecular weight excluding hydrogens is 621 g/mol. The second-order valence-corrected chi connectivity index (χ2v) is 19.0. The number of anilines is 1. The molecule has 4 atom stereocenters. The molecule has 5 aromatic rings. The molecule has 1 fully saturated rings. The molecule has 0 amide bonds. The molecule has 252 valence electrons. The summed E-state index contributed by atoms with van der Waals surface area (Å²) in [5.74, 6) is -1.21. The highest BCUT2D eigenvalue weighted by molar-refractivity contribution is 6.83. The van der Waals surface area contributed by atoms with Gasteiger partial charge in [0, 0.05) is 0 Å². The molecule has 0 saturated carbocycles. The molecule has 2 N–H and O–H groups in total. The van der Waals surface area contributed by atoms with Gasteiger partial charge in [0.15, 0.2) is 8.24 Å². The lowest BCUT2D eigenvalue weighted by molar-refractivity contribution is -0.255. The first-order valence-corrected chi connectivity index (χ1v) is 19.5. The SMILES string of the molecule is CC(C)(C)[Si](C)(C)Nc1ncnn2c(C3(O)O[C@H](COCc4ccccc4)[C@@H](OCc4ccccc4)[C@H]3OCc3ccccc3)ccc12. The van der Waals surface area contributed by atoms with Crippen LogP contribution in [0.4, 0.5) is 5.82 Å². The van der Waals surface area contributed by atoms with Crippen molar-refractivity contribution >= 4 is 19.6 Å². The summed E-state index contributed by atoms with van der Waals surface area (Å²) in [5.41, 5.74) is 4.17. The zero-order chi connectivity index (χ0) is 33.8. The van der Waals surface area contributed by atoms with Crippen LogP contribution in [0.2, 0.25) is 18.1 Å². The standard InChI is InChI=1S/C38H46N4O5Si/c1-37(2,3)48(4,5)41-36-31-21-22-33(42(31)40-27-39-36)38(43)35(46-25-30-19-13-8-14-20-30)34(45-24-29-17-11-7-12-18-29)32(47-38)26-44-23-28-15-9-6-10-16-28/h6-22,27,32,34-35,43H,23-26H2,1-5H3,(H,39,40,41)/t32-,34-,35-,38?/m1/s1. The van der Waals surface area contributed by atoms with E-state index in [0.717, 1.165) is 22.2 Å². The third kappa shape index (κ3) is 7.39. The first-order chi connectivity index (χ1) is 23.0. The van der Waals surface area contributed by atoms with Gasteiger partial charge in [0.1, 0.15) is 41.7 Å². The number of nitrogens with one attached hydrogen (secondary N) is 1. The molecule has 3 aromatic carbocycles. The van der Waals surface area contributed by atoms with Crippen molar-refractivity contribution in [3.8, 4) is 0 Å². The molecule has 10 heteroatoms. The maximum atomic E-state index is 12.7. The lowest BCUT2D eigenvalue weighted by Gasteiger charge is -2.37. The average molecular weight is 667 g/mol. The monoisotopic (exact) mass is 666 g/mol. The van der Waals surface area contributed by atoms with Gasteiger partial charge in [0.2, 0.25) is 5.79 Å². The topological polar surface area (TPSA) is 99.4 Å². The fraction of sp³-hybridized carbons (Fsp3) is 0.368. The Morgan fingerprint density at radius 3 is 1.96 bits per heavy atom. The van der Waals surface area contributed by atoms with E-state index in [2.05, 4.69) is 48.9 Å². The largest absolute Gasteiger partial charge is 0.393 e. The number of rotatable bonds is 13. The molecule has 0 aliphatic carbocycles. The summed E-state index contributed by atoms with van der Waals surface area (Å²) in [6.07, 6.45) is -0.738. The van der Waals surface area contributed by atoms with Crippen molar-refractivity contribution in [3.63, 3.8) is 0 Å². The molecule has 9 nitrogen and oxygen atoms in total. The zero-order valence-corrected chi connectivity index (χ0v) is 29.4. The van der Waals surface area contributed by atoms with Gasteiger partial charge in [-0.25, -0.2) is 9.50 Å². The maximum absolute atomic E-state index is 12.7. The van der Waals surface area contributed by atoms with Gasteiger partial charge in [-0.3, -0.25) is 0 Å². The minimum absolute atomic E-state index is 0.0732. The van der Waals surface area contributed by atoms with E-state index in [1.165, 1.54) is 6.33 Å². The first kappa shape index (κ1) is 34.0. The van der Waals surface area contributed by atoms with Crippen LogP contribution in [-0.2, 0) is 44.6 Å². The van der Waals surface area contributed by atoms with Crippen LogP contribution in [0.3, 0.4) is 0 Å². The molecule has 0 bridgehead atoms. The predicted molar refractivity (Wildman–Crippen MR) is 189 cm³/mol. The van der Waals surface area contributed by atoms with Crippen molar-refractivity contribution in [1.29, 1.82) is 0 Å². The number of hydrogen-bond donors (Lipinski definition) is 2. The predicted octanol–water partition coefficient (Wildman–Crippen LogP) is 7.08. The Balaban J connectivity index is 1.36. The molecule has 2 aromatic heterocycles. The Bertz CT molecular complexity index is 1760.